The van der Waals surface area contributed by atoms with Crippen LogP contribution in [0.4, 0.5) is 0 Å². The van der Waals surface area contributed by atoms with Gasteiger partial charge in [-0.15, -0.1) is 0 Å². The van der Waals surface area contributed by atoms with E-state index in [0.717, 1.165) is 23.2 Å². The normalized spacial score (nSPS) is 10.9. The fourth-order valence-electron chi connectivity index (χ4n) is 1.97. The molecular formula is C16H21N3O2. The van der Waals surface area contributed by atoms with Gasteiger partial charge in [-0.1, -0.05) is 38.1 Å². The molecule has 0 aliphatic carbocycles. The Labute approximate surface area is 124 Å². The van der Waals surface area contributed by atoms with Crippen molar-refractivity contribution in [3.63, 3.8) is 0 Å². The molecule has 0 radical (unpaired) electrons. The minimum Gasteiger partial charge on any atom is -0.392 e. The third-order valence-corrected chi connectivity index (χ3v) is 3.36. The van der Waals surface area contributed by atoms with Gasteiger partial charge in [0.2, 0.25) is 0 Å². The van der Waals surface area contributed by atoms with Gasteiger partial charge < -0.3 is 10.4 Å². The molecule has 1 aromatic carbocycles. The quantitative estimate of drug-likeness (QED) is 0.760. The van der Waals surface area contributed by atoms with E-state index in [-0.39, 0.29) is 12.5 Å². The summed E-state index contributed by atoms with van der Waals surface area (Å²) in [6.07, 6.45) is 0.749. The lowest BCUT2D eigenvalue weighted by Crippen LogP contribution is -2.26. The molecule has 3 N–H and O–H groups in total. The second-order valence-corrected chi connectivity index (χ2v) is 5.34. The molecule has 0 aliphatic rings. The van der Waals surface area contributed by atoms with Crippen molar-refractivity contribution in [1.82, 2.24) is 15.5 Å². The summed E-state index contributed by atoms with van der Waals surface area (Å²) in [6.45, 7) is 4.70. The Hall–Kier alpha value is -2.14. The van der Waals surface area contributed by atoms with Gasteiger partial charge >= 0.3 is 0 Å². The van der Waals surface area contributed by atoms with Crippen LogP contribution >= 0.6 is 0 Å². The first-order valence-corrected chi connectivity index (χ1v) is 7.12. The topological polar surface area (TPSA) is 78.0 Å². The maximum Gasteiger partial charge on any atom is 0.271 e. The van der Waals surface area contributed by atoms with Crippen LogP contribution in [0.1, 0.15) is 47.1 Å². The fraction of sp³-hybridized carbons (Fsp3) is 0.375. The summed E-state index contributed by atoms with van der Waals surface area (Å²) >= 11 is 0. The molecule has 0 unspecified atom stereocenters. The van der Waals surface area contributed by atoms with Crippen molar-refractivity contribution in [2.75, 3.05) is 6.54 Å². The van der Waals surface area contributed by atoms with Crippen LogP contribution in [0.2, 0.25) is 0 Å². The number of hydrogen-bond acceptors (Lipinski definition) is 3. The van der Waals surface area contributed by atoms with E-state index in [9.17, 15) is 4.79 Å². The van der Waals surface area contributed by atoms with Gasteiger partial charge in [-0.25, -0.2) is 0 Å². The Balaban J connectivity index is 1.83. The van der Waals surface area contributed by atoms with Crippen molar-refractivity contribution in [3.8, 4) is 0 Å². The number of carbonyl (C=O) groups excluding carboxylic acids is 1. The molecule has 1 heterocycles. The van der Waals surface area contributed by atoms with Crippen LogP contribution in [-0.4, -0.2) is 27.8 Å². The van der Waals surface area contributed by atoms with Gasteiger partial charge in [-0.05, 0) is 29.5 Å². The average Bonchev–Trinajstić information content (AvgIpc) is 2.98. The van der Waals surface area contributed by atoms with E-state index in [1.54, 1.807) is 6.07 Å². The van der Waals surface area contributed by atoms with Crippen LogP contribution in [-0.2, 0) is 13.0 Å². The van der Waals surface area contributed by atoms with Crippen molar-refractivity contribution >= 4 is 5.91 Å². The fourth-order valence-corrected chi connectivity index (χ4v) is 1.97. The van der Waals surface area contributed by atoms with E-state index >= 15 is 0 Å². The highest BCUT2D eigenvalue weighted by Crippen LogP contribution is 2.11. The lowest BCUT2D eigenvalue weighted by atomic mass is 10.1. The van der Waals surface area contributed by atoms with E-state index < -0.39 is 0 Å². The lowest BCUT2D eigenvalue weighted by molar-refractivity contribution is 0.0949. The molecule has 5 heteroatoms. The van der Waals surface area contributed by atoms with Crippen molar-refractivity contribution in [3.05, 3.63) is 52.8 Å². The van der Waals surface area contributed by atoms with Crippen LogP contribution < -0.4 is 5.32 Å². The van der Waals surface area contributed by atoms with Crippen LogP contribution in [0.25, 0.3) is 0 Å². The summed E-state index contributed by atoms with van der Waals surface area (Å²) in [5.41, 5.74) is 3.40. The van der Waals surface area contributed by atoms with Crippen molar-refractivity contribution in [2.45, 2.75) is 32.8 Å². The van der Waals surface area contributed by atoms with Gasteiger partial charge in [0.1, 0.15) is 5.69 Å². The number of nitrogens with one attached hydrogen (secondary N) is 2. The van der Waals surface area contributed by atoms with Gasteiger partial charge in [0.15, 0.2) is 0 Å². The van der Waals surface area contributed by atoms with Crippen molar-refractivity contribution in [1.29, 1.82) is 0 Å². The van der Waals surface area contributed by atoms with Crippen LogP contribution in [0.5, 0.6) is 0 Å². The molecule has 2 aromatic rings. The predicted molar refractivity (Wildman–Crippen MR) is 81.1 cm³/mol. The van der Waals surface area contributed by atoms with E-state index in [0.29, 0.717) is 18.2 Å². The van der Waals surface area contributed by atoms with E-state index in [2.05, 4.69) is 15.5 Å². The number of nitrogens with zero attached hydrogens (tertiary/aromatic N) is 1. The molecular weight excluding hydrogens is 266 g/mol. The number of amides is 1. The number of aliphatic hydroxyl groups excluding tert-OH is 1. The molecule has 112 valence electrons. The molecule has 0 saturated heterocycles. The number of H-pyrrole nitrogens is 1. The number of aromatic nitrogens is 2. The summed E-state index contributed by atoms with van der Waals surface area (Å²) in [7, 11) is 0. The van der Waals surface area contributed by atoms with E-state index in [1.807, 2.05) is 38.1 Å². The molecule has 0 bridgehead atoms. The highest BCUT2D eigenvalue weighted by molar-refractivity contribution is 5.92. The molecule has 0 spiro atoms. The molecule has 5 nitrogen and oxygen atoms in total. The number of aromatic amines is 1. The van der Waals surface area contributed by atoms with Crippen LogP contribution in [0, 0.1) is 0 Å². The Morgan fingerprint density at radius 3 is 2.52 bits per heavy atom. The zero-order valence-electron chi connectivity index (χ0n) is 12.4. The second kappa shape index (κ2) is 7.04. The molecule has 0 aliphatic heterocycles. The molecule has 1 amide bonds. The highest BCUT2D eigenvalue weighted by atomic mass is 16.3. The maximum atomic E-state index is 11.9. The molecule has 2 rings (SSSR count). The summed E-state index contributed by atoms with van der Waals surface area (Å²) in [4.78, 5) is 11.9. The standard InChI is InChI=1S/C16H21N3O2/c1-11(2)14-9-15(19-18-14)16(21)17-8-7-12-3-5-13(10-20)6-4-12/h3-6,9,11,20H,7-8,10H2,1-2H3,(H,17,21)(H,18,19). The van der Waals surface area contributed by atoms with Crippen molar-refractivity contribution < 1.29 is 9.90 Å². The first-order chi connectivity index (χ1) is 10.1. The zero-order chi connectivity index (χ0) is 15.2. The minimum absolute atomic E-state index is 0.0500. The van der Waals surface area contributed by atoms with E-state index in [4.69, 9.17) is 5.11 Å². The number of hydrogen-bond donors (Lipinski definition) is 3. The highest BCUT2D eigenvalue weighted by Gasteiger charge is 2.11. The van der Waals surface area contributed by atoms with Crippen molar-refractivity contribution in [2.24, 2.45) is 0 Å². The first kappa shape index (κ1) is 15.3. The van der Waals surface area contributed by atoms with Gasteiger partial charge in [0.05, 0.1) is 6.61 Å². The molecule has 0 fully saturated rings. The van der Waals surface area contributed by atoms with Gasteiger partial charge in [-0.3, -0.25) is 9.89 Å². The number of carbonyl (C=O) groups is 1. The lowest BCUT2D eigenvalue weighted by Gasteiger charge is -2.04. The number of aliphatic hydroxyl groups is 1. The average molecular weight is 287 g/mol. The Morgan fingerprint density at radius 1 is 1.29 bits per heavy atom. The van der Waals surface area contributed by atoms with Crippen LogP contribution in [0.15, 0.2) is 30.3 Å². The Bertz CT molecular complexity index is 588. The maximum absolute atomic E-state index is 11.9. The van der Waals surface area contributed by atoms with Gasteiger partial charge in [0.25, 0.3) is 5.91 Å². The van der Waals surface area contributed by atoms with Gasteiger partial charge in [-0.2, -0.15) is 5.10 Å². The summed E-state index contributed by atoms with van der Waals surface area (Å²) in [6, 6.07) is 9.49. The summed E-state index contributed by atoms with van der Waals surface area (Å²) < 4.78 is 0. The predicted octanol–water partition coefficient (Wildman–Crippen LogP) is 2.00. The third-order valence-electron chi connectivity index (χ3n) is 3.36. The Kier molecular flexibility index (Phi) is 5.11. The third kappa shape index (κ3) is 4.16. The Morgan fingerprint density at radius 2 is 1.95 bits per heavy atom. The first-order valence-electron chi connectivity index (χ1n) is 7.12. The molecule has 0 atom stereocenters. The van der Waals surface area contributed by atoms with Crippen LogP contribution in [0.3, 0.4) is 0 Å². The largest absolute Gasteiger partial charge is 0.392 e. The second-order valence-electron chi connectivity index (χ2n) is 5.34. The SMILES string of the molecule is CC(C)c1cc(C(=O)NCCc2ccc(CO)cc2)n[nH]1. The number of benzene rings is 1. The summed E-state index contributed by atoms with van der Waals surface area (Å²) in [5.74, 6) is 0.161. The molecule has 21 heavy (non-hydrogen) atoms. The van der Waals surface area contributed by atoms with E-state index in [1.165, 1.54) is 0 Å². The smallest absolute Gasteiger partial charge is 0.271 e. The molecule has 0 saturated carbocycles. The number of rotatable bonds is 6. The monoisotopic (exact) mass is 287 g/mol. The summed E-state index contributed by atoms with van der Waals surface area (Å²) in [5, 5.41) is 18.7. The van der Waals surface area contributed by atoms with Gasteiger partial charge in [0, 0.05) is 12.2 Å². The minimum atomic E-state index is -0.162. The molecule has 1 aromatic heterocycles. The zero-order valence-corrected chi connectivity index (χ0v) is 12.4.